The van der Waals surface area contributed by atoms with Gasteiger partial charge in [0.25, 0.3) is 0 Å². The van der Waals surface area contributed by atoms with Gasteiger partial charge < -0.3 is 25.4 Å². The van der Waals surface area contributed by atoms with Crippen molar-refractivity contribution in [2.75, 3.05) is 12.3 Å². The summed E-state index contributed by atoms with van der Waals surface area (Å²) in [6, 6.07) is 1.53. The van der Waals surface area contributed by atoms with Crippen LogP contribution in [-0.4, -0.2) is 50.7 Å². The normalized spacial score (nSPS) is 22.8. The van der Waals surface area contributed by atoms with Crippen LogP contribution in [0.25, 0.3) is 0 Å². The summed E-state index contributed by atoms with van der Waals surface area (Å²) in [6.07, 6.45) is 11.1. The van der Waals surface area contributed by atoms with Crippen LogP contribution in [0.2, 0.25) is 0 Å². The van der Waals surface area contributed by atoms with Crippen LogP contribution in [0.3, 0.4) is 0 Å². The molecule has 1 saturated heterocycles. The monoisotopic (exact) mass is 469 g/mol. The van der Waals surface area contributed by atoms with Crippen LogP contribution in [0.1, 0.15) is 90.2 Å². The Bertz CT molecular complexity index is 745. The Morgan fingerprint density at radius 1 is 1.09 bits per heavy atom. The molecule has 0 spiro atoms. The summed E-state index contributed by atoms with van der Waals surface area (Å²) in [6.45, 7) is 2.11. The first-order chi connectivity index (χ1) is 15.4. The van der Waals surface area contributed by atoms with Crippen molar-refractivity contribution in [2.24, 2.45) is 0 Å². The number of carbonyl (C=O) groups excluding carboxylic acids is 1. The summed E-state index contributed by atoms with van der Waals surface area (Å²) in [5, 5.41) is 20.6. The van der Waals surface area contributed by atoms with Gasteiger partial charge in [0.15, 0.2) is 6.23 Å². The number of hydrogen-bond donors (Lipinski definition) is 3. The number of esters is 1. The molecule has 1 aromatic heterocycles. The first kappa shape index (κ1) is 26.7. The minimum absolute atomic E-state index is 0.124. The number of anilines is 1. The molecule has 1 aliphatic rings. The van der Waals surface area contributed by atoms with E-state index in [1.54, 1.807) is 6.20 Å². The zero-order valence-corrected chi connectivity index (χ0v) is 20.0. The Labute approximate surface area is 196 Å². The lowest BCUT2D eigenvalue weighted by molar-refractivity contribution is -0.150. The molecule has 8 nitrogen and oxygen atoms in total. The lowest BCUT2D eigenvalue weighted by atomic mass is 10.1. The van der Waals surface area contributed by atoms with Crippen molar-refractivity contribution in [3.05, 3.63) is 17.0 Å². The van der Waals surface area contributed by atoms with E-state index in [2.05, 4.69) is 11.9 Å². The predicted molar refractivity (Wildman–Crippen MR) is 125 cm³/mol. The Hall–Kier alpha value is -1.55. The average molecular weight is 470 g/mol. The van der Waals surface area contributed by atoms with E-state index in [0.717, 1.165) is 19.3 Å². The fourth-order valence-electron chi connectivity index (χ4n) is 3.90. The van der Waals surface area contributed by atoms with Crippen LogP contribution in [0.5, 0.6) is 0 Å². The van der Waals surface area contributed by atoms with Crippen molar-refractivity contribution in [3.8, 4) is 0 Å². The lowest BCUT2D eigenvalue weighted by Gasteiger charge is -2.18. The standard InChI is InChI=1S/C23H39N3O5S/c1-2-3-4-5-6-7-8-9-10-11-12-13-19(27)30-16-17-20(28)21(29)22(31-17)26-15-14-18(24)25-23(26)32/h14-15,17,20-22,28-29H,2-13,16H2,1H3,(H2,24,25,32)/t17-,20-,21+,22-/m1/s1. The Morgan fingerprint density at radius 3 is 2.28 bits per heavy atom. The summed E-state index contributed by atoms with van der Waals surface area (Å²) < 4.78 is 12.5. The molecule has 0 saturated carbocycles. The number of nitrogens with zero attached hydrogens (tertiary/aromatic N) is 2. The highest BCUT2D eigenvalue weighted by atomic mass is 32.1. The van der Waals surface area contributed by atoms with Gasteiger partial charge in [-0.15, -0.1) is 0 Å². The number of aromatic nitrogens is 2. The predicted octanol–water partition coefficient (Wildman–Crippen LogP) is 4.06. The number of nitrogens with two attached hydrogens (primary N) is 1. The molecule has 4 N–H and O–H groups in total. The quantitative estimate of drug-likeness (QED) is 0.200. The molecule has 0 amide bonds. The van der Waals surface area contributed by atoms with E-state index < -0.39 is 24.5 Å². The molecule has 9 heteroatoms. The van der Waals surface area contributed by atoms with E-state index in [1.165, 1.54) is 62.0 Å². The van der Waals surface area contributed by atoms with Gasteiger partial charge in [0.2, 0.25) is 4.77 Å². The van der Waals surface area contributed by atoms with Gasteiger partial charge in [0.05, 0.1) is 0 Å². The molecular weight excluding hydrogens is 430 g/mol. The van der Waals surface area contributed by atoms with E-state index in [9.17, 15) is 15.0 Å². The lowest BCUT2D eigenvalue weighted by Crippen LogP contribution is -2.34. The molecule has 2 heterocycles. The molecule has 0 aromatic carbocycles. The van der Waals surface area contributed by atoms with Crippen molar-refractivity contribution in [2.45, 2.75) is 109 Å². The minimum Gasteiger partial charge on any atom is -0.463 e. The first-order valence-corrected chi connectivity index (χ1v) is 12.4. The fraction of sp³-hybridized carbons (Fsp3) is 0.783. The number of aliphatic hydroxyl groups is 2. The SMILES string of the molecule is CCCCCCCCCCCCCC(=O)OC[C@H]1O[C@@H](n2ccc(N)nc2=S)[C@@H](O)[C@@H]1O. The number of nitrogen functional groups attached to an aromatic ring is 1. The number of unbranched alkanes of at least 4 members (excludes halogenated alkanes) is 10. The largest absolute Gasteiger partial charge is 0.463 e. The summed E-state index contributed by atoms with van der Waals surface area (Å²) in [7, 11) is 0. The van der Waals surface area contributed by atoms with Gasteiger partial charge in [-0.2, -0.15) is 0 Å². The van der Waals surface area contributed by atoms with Gasteiger partial charge in [-0.05, 0) is 24.7 Å². The molecule has 32 heavy (non-hydrogen) atoms. The highest BCUT2D eigenvalue weighted by Gasteiger charge is 2.44. The molecule has 1 aromatic rings. The van der Waals surface area contributed by atoms with Gasteiger partial charge in [-0.25, -0.2) is 4.98 Å². The van der Waals surface area contributed by atoms with Gasteiger partial charge >= 0.3 is 5.97 Å². The molecule has 0 unspecified atom stereocenters. The van der Waals surface area contributed by atoms with Crippen LogP contribution in [-0.2, 0) is 14.3 Å². The molecule has 0 radical (unpaired) electrons. The Morgan fingerprint density at radius 2 is 1.69 bits per heavy atom. The number of hydrogen-bond acceptors (Lipinski definition) is 8. The van der Waals surface area contributed by atoms with Crippen molar-refractivity contribution < 1.29 is 24.5 Å². The average Bonchev–Trinajstić information content (AvgIpc) is 3.04. The number of carbonyl (C=O) groups is 1. The highest BCUT2D eigenvalue weighted by Crippen LogP contribution is 2.30. The maximum Gasteiger partial charge on any atom is 0.305 e. The van der Waals surface area contributed by atoms with Crippen molar-refractivity contribution in [1.82, 2.24) is 9.55 Å². The van der Waals surface area contributed by atoms with Crippen LogP contribution >= 0.6 is 12.2 Å². The second-order valence-corrected chi connectivity index (χ2v) is 8.92. The van der Waals surface area contributed by atoms with Gasteiger partial charge in [-0.3, -0.25) is 9.36 Å². The second-order valence-electron chi connectivity index (χ2n) is 8.56. The summed E-state index contributed by atoms with van der Waals surface area (Å²) in [5.74, 6) is -0.0624. The molecule has 0 aliphatic carbocycles. The maximum atomic E-state index is 12.0. The molecule has 4 atom stereocenters. The minimum atomic E-state index is -1.22. The summed E-state index contributed by atoms with van der Waals surface area (Å²) >= 11 is 5.14. The van der Waals surface area contributed by atoms with E-state index in [0.29, 0.717) is 6.42 Å². The van der Waals surface area contributed by atoms with E-state index in [-0.39, 0.29) is 23.2 Å². The van der Waals surface area contributed by atoms with Crippen LogP contribution in [0.15, 0.2) is 12.3 Å². The fourth-order valence-corrected chi connectivity index (χ4v) is 4.17. The van der Waals surface area contributed by atoms with Gasteiger partial charge in [-0.1, -0.05) is 71.1 Å². The zero-order valence-electron chi connectivity index (χ0n) is 19.2. The second kappa shape index (κ2) is 14.6. The number of ether oxygens (including phenoxy) is 2. The zero-order chi connectivity index (χ0) is 23.3. The third-order valence-corrected chi connectivity index (χ3v) is 6.16. The van der Waals surface area contributed by atoms with E-state index in [1.807, 2.05) is 0 Å². The molecule has 1 aliphatic heterocycles. The number of aliphatic hydroxyl groups excluding tert-OH is 2. The van der Waals surface area contributed by atoms with Gasteiger partial charge in [0.1, 0.15) is 30.7 Å². The summed E-state index contributed by atoms with van der Waals surface area (Å²) in [5.41, 5.74) is 5.60. The molecule has 1 fully saturated rings. The van der Waals surface area contributed by atoms with Crippen LogP contribution in [0, 0.1) is 4.77 Å². The topological polar surface area (TPSA) is 120 Å². The van der Waals surface area contributed by atoms with Crippen LogP contribution in [0.4, 0.5) is 5.82 Å². The maximum absolute atomic E-state index is 12.0. The molecule has 2 rings (SSSR count). The first-order valence-electron chi connectivity index (χ1n) is 12.0. The van der Waals surface area contributed by atoms with E-state index >= 15 is 0 Å². The summed E-state index contributed by atoms with van der Waals surface area (Å²) in [4.78, 5) is 16.0. The highest BCUT2D eigenvalue weighted by molar-refractivity contribution is 7.71. The third-order valence-electron chi connectivity index (χ3n) is 5.86. The van der Waals surface area contributed by atoms with Crippen molar-refractivity contribution in [1.29, 1.82) is 0 Å². The Balaban J connectivity index is 1.58. The smallest absolute Gasteiger partial charge is 0.305 e. The molecule has 0 bridgehead atoms. The molecule has 182 valence electrons. The molecular formula is C23H39N3O5S. The van der Waals surface area contributed by atoms with Crippen molar-refractivity contribution in [3.63, 3.8) is 0 Å². The van der Waals surface area contributed by atoms with Crippen LogP contribution < -0.4 is 5.73 Å². The van der Waals surface area contributed by atoms with Gasteiger partial charge in [0, 0.05) is 12.6 Å². The Kier molecular flexibility index (Phi) is 12.2. The van der Waals surface area contributed by atoms with E-state index in [4.69, 9.17) is 27.4 Å². The number of rotatable bonds is 15. The van der Waals surface area contributed by atoms with Crippen molar-refractivity contribution >= 4 is 24.0 Å². The third kappa shape index (κ3) is 8.77.